The quantitative estimate of drug-likeness (QED) is 0.921. The van der Waals surface area contributed by atoms with E-state index >= 15 is 0 Å². The molecule has 1 aromatic heterocycles. The summed E-state index contributed by atoms with van der Waals surface area (Å²) in [5, 5.41) is 16.7. The van der Waals surface area contributed by atoms with Crippen LogP contribution in [-0.2, 0) is 19.5 Å². The second-order valence-electron chi connectivity index (χ2n) is 4.60. The van der Waals surface area contributed by atoms with Gasteiger partial charge in [-0.3, -0.25) is 4.68 Å². The molecule has 20 heavy (non-hydrogen) atoms. The number of halogens is 2. The first-order valence-electron chi connectivity index (χ1n) is 6.22. The van der Waals surface area contributed by atoms with Gasteiger partial charge >= 0.3 is 0 Å². The highest BCUT2D eigenvalue weighted by atomic mass is 35.5. The van der Waals surface area contributed by atoms with Gasteiger partial charge in [0.1, 0.15) is 11.9 Å². The minimum atomic E-state index is -0.245. The van der Waals surface area contributed by atoms with E-state index in [1.54, 1.807) is 12.1 Å². The van der Waals surface area contributed by atoms with Crippen molar-refractivity contribution in [3.63, 3.8) is 0 Å². The Morgan fingerprint density at radius 3 is 2.80 bits per heavy atom. The molecule has 0 atom stereocenters. The van der Waals surface area contributed by atoms with Crippen molar-refractivity contribution < 1.29 is 4.39 Å². The minimum Gasteiger partial charge on any atom is -0.311 e. The standard InChI is InChI=1S/C14H13FN4.ClH/c15-11-3-1-10(2-4-11)9-19-14-8-17-6-5-12(14)13(7-16)18-19;/h1-4,17H,5-6,8-9H2;1H. The number of fused-ring (bicyclic) bond motifs is 1. The van der Waals surface area contributed by atoms with E-state index in [4.69, 9.17) is 5.26 Å². The van der Waals surface area contributed by atoms with Crippen LogP contribution in [0, 0.1) is 17.1 Å². The van der Waals surface area contributed by atoms with Crippen LogP contribution in [-0.4, -0.2) is 16.3 Å². The predicted octanol–water partition coefficient (Wildman–Crippen LogP) is 2.01. The van der Waals surface area contributed by atoms with Crippen LogP contribution in [0.2, 0.25) is 0 Å². The molecule has 1 aliphatic rings. The Morgan fingerprint density at radius 1 is 1.35 bits per heavy atom. The zero-order valence-corrected chi connectivity index (χ0v) is 11.6. The van der Waals surface area contributed by atoms with Gasteiger partial charge in [-0.1, -0.05) is 12.1 Å². The average Bonchev–Trinajstić information content (AvgIpc) is 2.80. The molecule has 3 rings (SSSR count). The van der Waals surface area contributed by atoms with E-state index < -0.39 is 0 Å². The summed E-state index contributed by atoms with van der Waals surface area (Å²) in [5.41, 5.74) is 3.59. The molecule has 0 radical (unpaired) electrons. The summed E-state index contributed by atoms with van der Waals surface area (Å²) in [6.45, 7) is 2.17. The van der Waals surface area contributed by atoms with E-state index in [-0.39, 0.29) is 18.2 Å². The van der Waals surface area contributed by atoms with E-state index in [1.165, 1.54) is 12.1 Å². The molecule has 1 N–H and O–H groups in total. The molecule has 0 fully saturated rings. The van der Waals surface area contributed by atoms with Gasteiger partial charge in [-0.15, -0.1) is 12.4 Å². The lowest BCUT2D eigenvalue weighted by Gasteiger charge is -2.15. The summed E-state index contributed by atoms with van der Waals surface area (Å²) >= 11 is 0. The summed E-state index contributed by atoms with van der Waals surface area (Å²) in [7, 11) is 0. The van der Waals surface area contributed by atoms with Gasteiger partial charge in [0, 0.05) is 12.1 Å². The molecule has 0 spiro atoms. The summed E-state index contributed by atoms with van der Waals surface area (Å²) in [6.07, 6.45) is 0.835. The zero-order valence-electron chi connectivity index (χ0n) is 10.8. The van der Waals surface area contributed by atoms with Gasteiger partial charge in [0.2, 0.25) is 0 Å². The lowest BCUT2D eigenvalue weighted by molar-refractivity contribution is 0.569. The van der Waals surface area contributed by atoms with E-state index in [1.807, 2.05) is 4.68 Å². The van der Waals surface area contributed by atoms with E-state index in [0.29, 0.717) is 12.2 Å². The number of hydrogen-bond acceptors (Lipinski definition) is 3. The van der Waals surface area contributed by atoms with Gasteiger partial charge in [0.15, 0.2) is 5.69 Å². The zero-order chi connectivity index (χ0) is 13.2. The Balaban J connectivity index is 0.00000147. The maximum Gasteiger partial charge on any atom is 0.166 e. The predicted molar refractivity (Wildman–Crippen MR) is 75.1 cm³/mol. The third-order valence-electron chi connectivity index (χ3n) is 3.36. The number of nitriles is 1. The van der Waals surface area contributed by atoms with Crippen molar-refractivity contribution in [1.29, 1.82) is 5.26 Å². The van der Waals surface area contributed by atoms with Crippen molar-refractivity contribution in [2.45, 2.75) is 19.5 Å². The fraction of sp³-hybridized carbons (Fsp3) is 0.286. The Kier molecular flexibility index (Phi) is 4.38. The van der Waals surface area contributed by atoms with Crippen LogP contribution in [0.15, 0.2) is 24.3 Å². The highest BCUT2D eigenvalue weighted by Gasteiger charge is 2.20. The average molecular weight is 293 g/mol. The Morgan fingerprint density at radius 2 is 2.10 bits per heavy atom. The number of nitrogens with one attached hydrogen (secondary N) is 1. The van der Waals surface area contributed by atoms with Crippen LogP contribution in [0.25, 0.3) is 0 Å². The van der Waals surface area contributed by atoms with Gasteiger partial charge in [-0.2, -0.15) is 10.4 Å². The first kappa shape index (κ1) is 14.5. The monoisotopic (exact) mass is 292 g/mol. The van der Waals surface area contributed by atoms with Crippen molar-refractivity contribution in [2.75, 3.05) is 6.54 Å². The molecule has 0 saturated carbocycles. The van der Waals surface area contributed by atoms with Gasteiger partial charge in [-0.25, -0.2) is 4.39 Å². The largest absolute Gasteiger partial charge is 0.311 e. The fourth-order valence-electron chi connectivity index (χ4n) is 2.40. The Bertz CT molecular complexity index is 642. The topological polar surface area (TPSA) is 53.6 Å². The number of nitrogens with zero attached hydrogens (tertiary/aromatic N) is 3. The van der Waals surface area contributed by atoms with E-state index in [2.05, 4.69) is 16.5 Å². The second-order valence-corrected chi connectivity index (χ2v) is 4.60. The summed E-state index contributed by atoms with van der Waals surface area (Å²) in [6, 6.07) is 8.51. The van der Waals surface area contributed by atoms with Crippen molar-refractivity contribution in [1.82, 2.24) is 15.1 Å². The first-order chi connectivity index (χ1) is 9.28. The van der Waals surface area contributed by atoms with Crippen molar-refractivity contribution in [3.8, 4) is 6.07 Å². The Hall–Kier alpha value is -1.90. The SMILES string of the molecule is Cl.N#Cc1nn(Cc2ccc(F)cc2)c2c1CCNC2. The van der Waals surface area contributed by atoms with Crippen LogP contribution in [0.5, 0.6) is 0 Å². The highest BCUT2D eigenvalue weighted by molar-refractivity contribution is 5.85. The highest BCUT2D eigenvalue weighted by Crippen LogP contribution is 2.19. The van der Waals surface area contributed by atoms with Gasteiger partial charge < -0.3 is 5.32 Å². The normalized spacial score (nSPS) is 13.2. The smallest absolute Gasteiger partial charge is 0.166 e. The maximum absolute atomic E-state index is 12.9. The molecule has 2 heterocycles. The molecule has 0 amide bonds. The molecule has 0 unspecified atom stereocenters. The molecule has 104 valence electrons. The Labute approximate surface area is 122 Å². The summed E-state index contributed by atoms with van der Waals surface area (Å²) < 4.78 is 14.7. The maximum atomic E-state index is 12.9. The van der Waals surface area contributed by atoms with Crippen LogP contribution in [0.3, 0.4) is 0 Å². The molecule has 6 heteroatoms. The molecule has 0 saturated heterocycles. The second kappa shape index (κ2) is 6.04. The number of aromatic nitrogens is 2. The van der Waals surface area contributed by atoms with Crippen molar-refractivity contribution in [3.05, 3.63) is 52.6 Å². The van der Waals surface area contributed by atoms with Crippen LogP contribution < -0.4 is 5.32 Å². The fourth-order valence-corrected chi connectivity index (χ4v) is 2.40. The molecule has 1 aliphatic heterocycles. The third kappa shape index (κ3) is 2.67. The van der Waals surface area contributed by atoms with Crippen LogP contribution >= 0.6 is 12.4 Å². The van der Waals surface area contributed by atoms with E-state index in [0.717, 1.165) is 36.3 Å². The van der Waals surface area contributed by atoms with Crippen molar-refractivity contribution >= 4 is 12.4 Å². The summed E-state index contributed by atoms with van der Waals surface area (Å²) in [4.78, 5) is 0. The van der Waals surface area contributed by atoms with Crippen LogP contribution in [0.4, 0.5) is 4.39 Å². The molecular formula is C14H14ClFN4. The van der Waals surface area contributed by atoms with E-state index in [9.17, 15) is 4.39 Å². The lowest BCUT2D eigenvalue weighted by atomic mass is 10.1. The molecule has 0 bridgehead atoms. The summed E-state index contributed by atoms with van der Waals surface area (Å²) in [5.74, 6) is -0.245. The molecule has 1 aromatic carbocycles. The van der Waals surface area contributed by atoms with Crippen molar-refractivity contribution in [2.24, 2.45) is 0 Å². The van der Waals surface area contributed by atoms with Gasteiger partial charge in [-0.05, 0) is 30.7 Å². The number of rotatable bonds is 2. The molecule has 4 nitrogen and oxygen atoms in total. The first-order valence-corrected chi connectivity index (χ1v) is 6.22. The van der Waals surface area contributed by atoms with Gasteiger partial charge in [0.25, 0.3) is 0 Å². The molecule has 0 aliphatic carbocycles. The number of benzene rings is 1. The van der Waals surface area contributed by atoms with Gasteiger partial charge in [0.05, 0.1) is 12.2 Å². The minimum absolute atomic E-state index is 0. The van der Waals surface area contributed by atoms with Crippen LogP contribution in [0.1, 0.15) is 22.5 Å². The third-order valence-corrected chi connectivity index (χ3v) is 3.36. The molecule has 2 aromatic rings. The molecular weight excluding hydrogens is 279 g/mol. The number of hydrogen-bond donors (Lipinski definition) is 1. The lowest BCUT2D eigenvalue weighted by Crippen LogP contribution is -2.25.